The van der Waals surface area contributed by atoms with Crippen LogP contribution in [0.1, 0.15) is 12.0 Å². The molecule has 5 nitrogen and oxygen atoms in total. The van der Waals surface area contributed by atoms with Crippen LogP contribution >= 0.6 is 22.3 Å². The molecule has 0 bridgehead atoms. The molecule has 8 heteroatoms. The summed E-state index contributed by atoms with van der Waals surface area (Å²) in [4.78, 5) is 17.0. The van der Waals surface area contributed by atoms with E-state index in [9.17, 15) is 13.2 Å². The molecule has 2 heterocycles. The molecule has 1 aromatic heterocycles. The number of rotatable bonds is 3. The minimum Gasteiger partial charge on any atom is -0.337 e. The molecule has 98 valence electrons. The van der Waals surface area contributed by atoms with Crippen molar-refractivity contribution in [1.82, 2.24) is 9.88 Å². The largest absolute Gasteiger partial charge is 0.337 e. The normalized spacial score (nSPS) is 20.4. The van der Waals surface area contributed by atoms with E-state index in [0.29, 0.717) is 11.7 Å². The molecule has 1 fully saturated rings. The van der Waals surface area contributed by atoms with Crippen molar-refractivity contribution >= 4 is 37.2 Å². The van der Waals surface area contributed by atoms with Crippen LogP contribution in [0.2, 0.25) is 5.15 Å². The fraction of sp³-hybridized carbons (Fsp3) is 0.400. The fourth-order valence-corrected chi connectivity index (χ4v) is 2.97. The van der Waals surface area contributed by atoms with Gasteiger partial charge in [-0.15, -0.1) is 0 Å². The van der Waals surface area contributed by atoms with Crippen LogP contribution in [0.5, 0.6) is 0 Å². The molecule has 1 saturated heterocycles. The summed E-state index contributed by atoms with van der Waals surface area (Å²) in [5.74, 6) is -0.223. The quantitative estimate of drug-likeness (QED) is 0.625. The molecule has 0 aromatic carbocycles. The molecule has 1 amide bonds. The summed E-state index contributed by atoms with van der Waals surface area (Å²) in [7, 11) is 1.56. The van der Waals surface area contributed by atoms with Gasteiger partial charge in [0.25, 0.3) is 0 Å². The highest BCUT2D eigenvalue weighted by Crippen LogP contribution is 2.22. The molecule has 1 unspecified atom stereocenters. The number of halogens is 2. The van der Waals surface area contributed by atoms with Crippen LogP contribution < -0.4 is 0 Å². The van der Waals surface area contributed by atoms with Crippen molar-refractivity contribution in [1.29, 1.82) is 0 Å². The Morgan fingerprint density at radius 3 is 2.67 bits per heavy atom. The molecule has 0 radical (unpaired) electrons. The lowest BCUT2D eigenvalue weighted by Gasteiger charge is -2.15. The summed E-state index contributed by atoms with van der Waals surface area (Å²) in [6.45, 7) is 0.430. The minimum absolute atomic E-state index is 0.0626. The Kier molecular flexibility index (Phi) is 3.79. The molecular weight excluding hydrogens is 299 g/mol. The summed E-state index contributed by atoms with van der Waals surface area (Å²) in [6, 6.07) is 3.36. The summed E-state index contributed by atoms with van der Waals surface area (Å²) in [6.07, 6.45) is 1.49. The van der Waals surface area contributed by atoms with Gasteiger partial charge in [-0.25, -0.2) is 13.4 Å². The van der Waals surface area contributed by atoms with Crippen molar-refractivity contribution in [2.75, 3.05) is 6.54 Å². The predicted molar refractivity (Wildman–Crippen MR) is 67.8 cm³/mol. The van der Waals surface area contributed by atoms with E-state index in [1.54, 1.807) is 18.3 Å². The van der Waals surface area contributed by atoms with Gasteiger partial charge in [-0.3, -0.25) is 4.79 Å². The number of amides is 1. The maximum absolute atomic E-state index is 11.7. The second-order valence-electron chi connectivity index (χ2n) is 4.07. The van der Waals surface area contributed by atoms with Crippen LogP contribution in [-0.2, 0) is 20.4 Å². The Hall–Kier alpha value is -0.850. The molecule has 0 spiro atoms. The van der Waals surface area contributed by atoms with Gasteiger partial charge in [0.1, 0.15) is 10.4 Å². The van der Waals surface area contributed by atoms with Gasteiger partial charge in [0.15, 0.2) is 0 Å². The zero-order chi connectivity index (χ0) is 13.3. The molecule has 0 saturated carbocycles. The minimum atomic E-state index is -3.69. The van der Waals surface area contributed by atoms with E-state index < -0.39 is 14.3 Å². The molecule has 1 atom stereocenters. The predicted octanol–water partition coefficient (Wildman–Crippen LogP) is 1.40. The number of carbonyl (C=O) groups is 1. The van der Waals surface area contributed by atoms with Gasteiger partial charge in [-0.1, -0.05) is 17.7 Å². The Bertz CT molecular complexity index is 559. The zero-order valence-corrected chi connectivity index (χ0v) is 11.5. The first-order chi connectivity index (χ1) is 8.36. The molecule has 18 heavy (non-hydrogen) atoms. The van der Waals surface area contributed by atoms with Crippen molar-refractivity contribution < 1.29 is 13.2 Å². The van der Waals surface area contributed by atoms with Crippen molar-refractivity contribution in [3.05, 3.63) is 29.0 Å². The van der Waals surface area contributed by atoms with E-state index in [2.05, 4.69) is 4.98 Å². The number of nitrogens with zero attached hydrogens (tertiary/aromatic N) is 2. The van der Waals surface area contributed by atoms with Crippen LogP contribution in [0.4, 0.5) is 0 Å². The second kappa shape index (κ2) is 5.03. The molecule has 0 N–H and O–H groups in total. The third-order valence-electron chi connectivity index (χ3n) is 2.74. The van der Waals surface area contributed by atoms with Crippen molar-refractivity contribution in [3.63, 3.8) is 0 Å². The van der Waals surface area contributed by atoms with E-state index >= 15 is 0 Å². The van der Waals surface area contributed by atoms with Crippen molar-refractivity contribution in [2.24, 2.45) is 0 Å². The first-order valence-corrected chi connectivity index (χ1v) is 7.93. The SMILES string of the molecule is O=C1CC(S(=O)(=O)Cl)CN1Cc1ccc(Cl)nc1. The topological polar surface area (TPSA) is 67.3 Å². The van der Waals surface area contributed by atoms with Crippen LogP contribution in [0.3, 0.4) is 0 Å². The summed E-state index contributed by atoms with van der Waals surface area (Å²) in [5, 5.41) is -0.459. The van der Waals surface area contributed by atoms with Gasteiger partial charge in [-0.2, -0.15) is 0 Å². The first kappa shape index (κ1) is 13.6. The van der Waals surface area contributed by atoms with Gasteiger partial charge in [0.05, 0.1) is 0 Å². The second-order valence-corrected chi connectivity index (χ2v) is 7.36. The molecular formula is C10H10Cl2N2O3S. The van der Waals surface area contributed by atoms with Crippen LogP contribution in [0, 0.1) is 0 Å². The van der Waals surface area contributed by atoms with Gasteiger partial charge in [0, 0.05) is 36.4 Å². The number of aromatic nitrogens is 1. The highest BCUT2D eigenvalue weighted by Gasteiger charge is 2.37. The lowest BCUT2D eigenvalue weighted by molar-refractivity contribution is -0.128. The monoisotopic (exact) mass is 308 g/mol. The number of hydrogen-bond acceptors (Lipinski definition) is 4. The molecule has 2 rings (SSSR count). The standard InChI is InChI=1S/C10H10Cl2N2O3S/c11-9-2-1-7(4-13-9)5-14-6-8(3-10(14)15)18(12,16)17/h1-2,4,8H,3,5-6H2. The lowest BCUT2D eigenvalue weighted by Crippen LogP contribution is -2.26. The number of hydrogen-bond donors (Lipinski definition) is 0. The molecule has 0 aliphatic carbocycles. The summed E-state index contributed by atoms with van der Waals surface area (Å²) < 4.78 is 22.4. The Morgan fingerprint density at radius 1 is 1.44 bits per heavy atom. The molecule has 1 aromatic rings. The van der Waals surface area contributed by atoms with Crippen LogP contribution in [-0.4, -0.2) is 36.0 Å². The average Bonchev–Trinajstić information content (AvgIpc) is 2.63. The van der Waals surface area contributed by atoms with Crippen LogP contribution in [0.15, 0.2) is 18.3 Å². The fourth-order valence-electron chi connectivity index (χ4n) is 1.80. The van der Waals surface area contributed by atoms with Gasteiger partial charge in [0.2, 0.25) is 15.0 Å². The Morgan fingerprint density at radius 2 is 2.17 bits per heavy atom. The highest BCUT2D eigenvalue weighted by atomic mass is 35.7. The van der Waals surface area contributed by atoms with E-state index in [1.165, 1.54) is 4.90 Å². The Balaban J connectivity index is 2.07. The summed E-state index contributed by atoms with van der Waals surface area (Å²) >= 11 is 5.65. The molecule has 1 aliphatic rings. The third kappa shape index (κ3) is 3.13. The third-order valence-corrected chi connectivity index (χ3v) is 4.83. The zero-order valence-electron chi connectivity index (χ0n) is 9.21. The van der Waals surface area contributed by atoms with Crippen molar-refractivity contribution in [2.45, 2.75) is 18.2 Å². The average molecular weight is 309 g/mol. The van der Waals surface area contributed by atoms with E-state index in [-0.39, 0.29) is 18.9 Å². The maximum atomic E-state index is 11.7. The highest BCUT2D eigenvalue weighted by molar-refractivity contribution is 8.14. The summed E-state index contributed by atoms with van der Waals surface area (Å²) in [5.41, 5.74) is 0.792. The molecule has 1 aliphatic heterocycles. The number of pyridine rings is 1. The van der Waals surface area contributed by atoms with Gasteiger partial charge in [-0.05, 0) is 11.6 Å². The van der Waals surface area contributed by atoms with Crippen LogP contribution in [0.25, 0.3) is 0 Å². The van der Waals surface area contributed by atoms with Gasteiger partial charge >= 0.3 is 0 Å². The first-order valence-electron chi connectivity index (χ1n) is 5.18. The van der Waals surface area contributed by atoms with E-state index in [0.717, 1.165) is 5.56 Å². The Labute approximate surface area is 114 Å². The van der Waals surface area contributed by atoms with E-state index in [4.69, 9.17) is 22.3 Å². The number of likely N-dealkylation sites (tertiary alicyclic amines) is 1. The van der Waals surface area contributed by atoms with Gasteiger partial charge < -0.3 is 4.90 Å². The van der Waals surface area contributed by atoms with E-state index in [1.807, 2.05) is 0 Å². The maximum Gasteiger partial charge on any atom is 0.237 e. The smallest absolute Gasteiger partial charge is 0.237 e. The van der Waals surface area contributed by atoms with Crippen molar-refractivity contribution in [3.8, 4) is 0 Å². The lowest BCUT2D eigenvalue weighted by atomic mass is 10.3. The number of carbonyl (C=O) groups excluding carboxylic acids is 1.